The molecule has 0 saturated carbocycles. The third kappa shape index (κ3) is 8.36. The summed E-state index contributed by atoms with van der Waals surface area (Å²) in [5, 5.41) is 26.3. The van der Waals surface area contributed by atoms with Crippen LogP contribution in [0.25, 0.3) is 21.1 Å². The molecular formula is C23H27ClFN3O4S. The summed E-state index contributed by atoms with van der Waals surface area (Å²) in [7, 11) is 0. The van der Waals surface area contributed by atoms with Gasteiger partial charge in [-0.2, -0.15) is 0 Å². The fourth-order valence-corrected chi connectivity index (χ4v) is 3.93. The summed E-state index contributed by atoms with van der Waals surface area (Å²) in [6.07, 6.45) is 1.02. The van der Waals surface area contributed by atoms with Crippen molar-refractivity contribution < 1.29 is 24.1 Å². The highest BCUT2D eigenvalue weighted by Gasteiger charge is 2.16. The van der Waals surface area contributed by atoms with Gasteiger partial charge in [0.05, 0.1) is 17.7 Å². The molecule has 0 aliphatic heterocycles. The number of ether oxygens (including phenoxy) is 1. The Kier molecular flexibility index (Phi) is 10.2. The summed E-state index contributed by atoms with van der Waals surface area (Å²) >= 11 is 7.66. The Morgan fingerprint density at radius 3 is 2.39 bits per heavy atom. The molecule has 33 heavy (non-hydrogen) atoms. The zero-order valence-electron chi connectivity index (χ0n) is 18.6. The highest BCUT2D eigenvalue weighted by Crippen LogP contribution is 2.37. The van der Waals surface area contributed by atoms with E-state index in [1.54, 1.807) is 0 Å². The number of hydrogen-bond acceptors (Lipinski definition) is 7. The number of aliphatic carboxylic acids is 1. The van der Waals surface area contributed by atoms with Gasteiger partial charge in [-0.15, -0.1) is 10.2 Å². The minimum absolute atomic E-state index is 0.0150. The van der Waals surface area contributed by atoms with Gasteiger partial charge in [-0.05, 0) is 24.0 Å². The summed E-state index contributed by atoms with van der Waals surface area (Å²) in [5.41, 5.74) is 8.25. The summed E-state index contributed by atoms with van der Waals surface area (Å²) in [4.78, 5) is 9.00. The third-order valence-corrected chi connectivity index (χ3v) is 5.53. The number of rotatable bonds is 8. The second kappa shape index (κ2) is 12.6. The van der Waals surface area contributed by atoms with Crippen LogP contribution in [0.3, 0.4) is 0 Å². The van der Waals surface area contributed by atoms with Crippen LogP contribution in [0, 0.1) is 11.7 Å². The largest absolute Gasteiger partial charge is 0.489 e. The van der Waals surface area contributed by atoms with Crippen molar-refractivity contribution in [2.45, 2.75) is 33.2 Å². The highest BCUT2D eigenvalue weighted by atomic mass is 35.5. The van der Waals surface area contributed by atoms with E-state index in [1.165, 1.54) is 29.0 Å². The molecule has 0 aliphatic carbocycles. The molecule has 1 heterocycles. The average Bonchev–Trinajstić information content (AvgIpc) is 3.23. The number of nitrogens with two attached hydrogens (primary N) is 1. The lowest BCUT2D eigenvalue weighted by molar-refractivity contribution is -0.134. The second-order valence-electron chi connectivity index (χ2n) is 7.74. The molecule has 0 fully saturated rings. The Morgan fingerprint density at radius 1 is 1.21 bits per heavy atom. The first kappa shape index (κ1) is 26.7. The van der Waals surface area contributed by atoms with E-state index in [1.807, 2.05) is 12.1 Å². The second-order valence-corrected chi connectivity index (χ2v) is 9.13. The molecular weight excluding hydrogens is 469 g/mol. The van der Waals surface area contributed by atoms with E-state index in [9.17, 15) is 4.39 Å². The number of hydrogen-bond donors (Lipinski definition) is 3. The Balaban J connectivity index is 0.000000890. The van der Waals surface area contributed by atoms with Gasteiger partial charge in [0.25, 0.3) is 5.97 Å². The van der Waals surface area contributed by atoms with Gasteiger partial charge in [0.15, 0.2) is 11.6 Å². The lowest BCUT2D eigenvalue weighted by Crippen LogP contribution is -2.31. The monoisotopic (exact) mass is 495 g/mol. The molecule has 0 aliphatic rings. The molecule has 3 aromatic rings. The maximum absolute atomic E-state index is 14.4. The van der Waals surface area contributed by atoms with Gasteiger partial charge in [-0.1, -0.05) is 61.1 Å². The molecule has 2 aromatic carbocycles. The smallest absolute Gasteiger partial charge is 0.300 e. The standard InChI is InChI=1S/C21H23ClFN3O2S.C2H4O2/c1-12(2)7-13-3-5-14(6-4-13)20-25-26-21(29-20)16-8-18(23)19(9-17(16)22)28-11-15(24)10-27;1-2(3)4/h3-6,8-9,12,15,27H,7,10-11,24H2,1-2H3;1H3,(H,3,4)/t15-;/m1./s1. The topological polar surface area (TPSA) is 119 Å². The summed E-state index contributed by atoms with van der Waals surface area (Å²) < 4.78 is 19.7. The zero-order valence-corrected chi connectivity index (χ0v) is 20.2. The van der Waals surface area contributed by atoms with Gasteiger partial charge >= 0.3 is 0 Å². The summed E-state index contributed by atoms with van der Waals surface area (Å²) in [5.74, 6) is -0.838. The van der Waals surface area contributed by atoms with Crippen molar-refractivity contribution in [3.8, 4) is 26.9 Å². The normalized spacial score (nSPS) is 11.6. The van der Waals surface area contributed by atoms with Crippen LogP contribution in [0.1, 0.15) is 26.3 Å². The number of carboxylic acids is 1. The van der Waals surface area contributed by atoms with E-state index in [4.69, 9.17) is 37.1 Å². The predicted molar refractivity (Wildman–Crippen MR) is 128 cm³/mol. The average molecular weight is 496 g/mol. The molecule has 0 bridgehead atoms. The number of aliphatic hydroxyl groups excluding tert-OH is 1. The van der Waals surface area contributed by atoms with Crippen LogP contribution in [0.15, 0.2) is 36.4 Å². The van der Waals surface area contributed by atoms with E-state index < -0.39 is 17.8 Å². The van der Waals surface area contributed by atoms with E-state index >= 15 is 0 Å². The van der Waals surface area contributed by atoms with Crippen molar-refractivity contribution >= 4 is 28.9 Å². The molecule has 10 heteroatoms. The molecule has 0 radical (unpaired) electrons. The van der Waals surface area contributed by atoms with Gasteiger partial charge in [-0.25, -0.2) is 4.39 Å². The molecule has 0 saturated heterocycles. The number of nitrogens with zero attached hydrogens (tertiary/aromatic N) is 2. The van der Waals surface area contributed by atoms with Gasteiger partial charge < -0.3 is 20.7 Å². The predicted octanol–water partition coefficient (Wildman–Crippen LogP) is 4.65. The molecule has 0 amide bonds. The highest BCUT2D eigenvalue weighted by molar-refractivity contribution is 7.18. The zero-order chi connectivity index (χ0) is 24.5. The lowest BCUT2D eigenvalue weighted by Gasteiger charge is -2.12. The molecule has 1 aromatic heterocycles. The van der Waals surface area contributed by atoms with Crippen LogP contribution in [0.4, 0.5) is 4.39 Å². The maximum atomic E-state index is 14.4. The van der Waals surface area contributed by atoms with Crippen molar-refractivity contribution in [3.05, 3.63) is 52.8 Å². The van der Waals surface area contributed by atoms with Crippen molar-refractivity contribution in [1.82, 2.24) is 10.2 Å². The molecule has 0 unspecified atom stereocenters. The van der Waals surface area contributed by atoms with Crippen LogP contribution < -0.4 is 10.5 Å². The van der Waals surface area contributed by atoms with E-state index in [2.05, 4.69) is 36.2 Å². The van der Waals surface area contributed by atoms with E-state index in [0.717, 1.165) is 23.9 Å². The van der Waals surface area contributed by atoms with Gasteiger partial charge in [0.2, 0.25) is 0 Å². The van der Waals surface area contributed by atoms with Crippen LogP contribution in [0.5, 0.6) is 5.75 Å². The summed E-state index contributed by atoms with van der Waals surface area (Å²) in [6.45, 7) is 5.19. The number of carboxylic acid groups (broad SMARTS) is 1. The molecule has 1 atom stereocenters. The minimum atomic E-state index is -0.833. The van der Waals surface area contributed by atoms with E-state index in [0.29, 0.717) is 21.5 Å². The van der Waals surface area contributed by atoms with Gasteiger partial charge in [0.1, 0.15) is 16.6 Å². The summed E-state index contributed by atoms with van der Waals surface area (Å²) in [6, 6.07) is 10.3. The Hall–Kier alpha value is -2.59. The maximum Gasteiger partial charge on any atom is 0.300 e. The Labute approximate surface area is 201 Å². The lowest BCUT2D eigenvalue weighted by atomic mass is 10.0. The molecule has 3 rings (SSSR count). The first-order valence-corrected chi connectivity index (χ1v) is 11.4. The molecule has 4 N–H and O–H groups in total. The number of benzene rings is 2. The number of aliphatic hydroxyl groups is 1. The minimum Gasteiger partial charge on any atom is -0.489 e. The molecule has 7 nitrogen and oxygen atoms in total. The number of aromatic nitrogens is 2. The Morgan fingerprint density at radius 2 is 1.82 bits per heavy atom. The first-order valence-electron chi connectivity index (χ1n) is 10.2. The molecule has 0 spiro atoms. The van der Waals surface area contributed by atoms with Gasteiger partial charge in [-0.3, -0.25) is 4.79 Å². The van der Waals surface area contributed by atoms with Crippen molar-refractivity contribution in [2.24, 2.45) is 11.7 Å². The van der Waals surface area contributed by atoms with Gasteiger partial charge in [0, 0.05) is 24.1 Å². The van der Waals surface area contributed by atoms with E-state index in [-0.39, 0.29) is 19.0 Å². The quantitative estimate of drug-likeness (QED) is 0.416. The van der Waals surface area contributed by atoms with Crippen molar-refractivity contribution in [1.29, 1.82) is 0 Å². The number of carbonyl (C=O) groups is 1. The fourth-order valence-electron chi connectivity index (χ4n) is 2.76. The van der Waals surface area contributed by atoms with Crippen molar-refractivity contribution in [2.75, 3.05) is 13.2 Å². The number of halogens is 2. The van der Waals surface area contributed by atoms with Crippen LogP contribution >= 0.6 is 22.9 Å². The third-order valence-electron chi connectivity index (χ3n) is 4.21. The Bertz CT molecular complexity index is 1060. The fraction of sp³-hybridized carbons (Fsp3) is 0.348. The van der Waals surface area contributed by atoms with Crippen LogP contribution in [0.2, 0.25) is 5.02 Å². The van der Waals surface area contributed by atoms with Crippen LogP contribution in [-0.2, 0) is 11.2 Å². The SMILES string of the molecule is CC(=O)O.CC(C)Cc1ccc(-c2nnc(-c3cc(F)c(OC[C@H](N)CO)cc3Cl)s2)cc1. The van der Waals surface area contributed by atoms with Crippen molar-refractivity contribution in [3.63, 3.8) is 0 Å². The van der Waals surface area contributed by atoms with Crippen LogP contribution in [-0.4, -0.2) is 45.6 Å². The first-order chi connectivity index (χ1) is 15.6. The molecule has 178 valence electrons.